The van der Waals surface area contributed by atoms with Crippen molar-refractivity contribution in [2.45, 2.75) is 100 Å². The Morgan fingerprint density at radius 2 is 1.04 bits per heavy atom. The predicted octanol–water partition coefficient (Wildman–Crippen LogP) is 5.10. The van der Waals surface area contributed by atoms with Gasteiger partial charge in [0.15, 0.2) is 16.6 Å². The molecule has 4 aliphatic carbocycles. The van der Waals surface area contributed by atoms with E-state index in [1.165, 1.54) is 64.2 Å². The number of hydrogen-bond donors (Lipinski definition) is 0. The van der Waals surface area contributed by atoms with E-state index >= 15 is 0 Å². The smallest absolute Gasteiger partial charge is 0.283 e. The maximum Gasteiger partial charge on any atom is 0.283 e. The van der Waals surface area contributed by atoms with Crippen LogP contribution in [0, 0.1) is 11.8 Å². The van der Waals surface area contributed by atoms with E-state index in [0.717, 1.165) is 11.8 Å². The second kappa shape index (κ2) is 5.53. The molecule has 5 heteroatoms. The Bertz CT molecular complexity index is 419. The molecule has 0 aliphatic heterocycles. The SMILES string of the molecule is C[Si](C)(O[SiH2]O[Si](C)(C)C12CCC(CC1)C2)C12CCC(CC1)C2. The molecule has 4 aliphatic rings. The summed E-state index contributed by atoms with van der Waals surface area (Å²) in [6.07, 6.45) is 14.7. The average Bonchev–Trinajstić information content (AvgIpc) is 3.27. The van der Waals surface area contributed by atoms with Gasteiger partial charge in [0.05, 0.1) is 0 Å². The van der Waals surface area contributed by atoms with Crippen molar-refractivity contribution in [2.75, 3.05) is 0 Å². The molecule has 2 nitrogen and oxygen atoms in total. The molecule has 0 aromatic heterocycles. The van der Waals surface area contributed by atoms with Crippen molar-refractivity contribution in [1.29, 1.82) is 0 Å². The molecule has 0 aromatic carbocycles. The molecule has 4 bridgehead atoms. The summed E-state index contributed by atoms with van der Waals surface area (Å²) in [6, 6.07) is 0. The predicted molar refractivity (Wildman–Crippen MR) is 104 cm³/mol. The molecule has 0 spiro atoms. The maximum atomic E-state index is 6.72. The van der Waals surface area contributed by atoms with E-state index in [1.54, 1.807) is 0 Å². The molecule has 4 rings (SSSR count). The van der Waals surface area contributed by atoms with Crippen LogP contribution in [0.1, 0.15) is 64.2 Å². The highest BCUT2D eigenvalue weighted by Crippen LogP contribution is 2.65. The highest BCUT2D eigenvalue weighted by atomic mass is 28.4. The van der Waals surface area contributed by atoms with Crippen LogP contribution in [-0.4, -0.2) is 26.6 Å². The Labute approximate surface area is 147 Å². The van der Waals surface area contributed by atoms with Crippen LogP contribution >= 0.6 is 0 Å². The Morgan fingerprint density at radius 1 is 0.696 bits per heavy atom. The van der Waals surface area contributed by atoms with E-state index < -0.39 is 26.6 Å². The van der Waals surface area contributed by atoms with Crippen molar-refractivity contribution in [3.05, 3.63) is 0 Å². The molecule has 23 heavy (non-hydrogen) atoms. The average molecular weight is 369 g/mol. The summed E-state index contributed by atoms with van der Waals surface area (Å²) in [5.74, 6) is 2.07. The van der Waals surface area contributed by atoms with Gasteiger partial charge in [0.25, 0.3) is 10.0 Å². The molecule has 0 unspecified atom stereocenters. The first-order chi connectivity index (χ1) is 10.8. The van der Waals surface area contributed by atoms with Gasteiger partial charge in [0.2, 0.25) is 0 Å². The van der Waals surface area contributed by atoms with Crippen LogP contribution in [0.2, 0.25) is 36.3 Å². The highest BCUT2D eigenvalue weighted by Gasteiger charge is 2.57. The van der Waals surface area contributed by atoms with Crippen LogP contribution < -0.4 is 0 Å². The molecule has 0 amide bonds. The standard InChI is InChI=1S/C18H36O2Si3/c1-22(2,17-9-5-15(13-17)6-10-17)19-21-20-23(3,4)18-11-7-16(14-18)8-12-18/h15-16H,5-14,21H2,1-4H3. The van der Waals surface area contributed by atoms with Gasteiger partial charge in [0.1, 0.15) is 0 Å². The normalized spacial score (nSPS) is 43.3. The van der Waals surface area contributed by atoms with Gasteiger partial charge in [0, 0.05) is 0 Å². The lowest BCUT2D eigenvalue weighted by Gasteiger charge is -2.44. The number of hydrogen-bond acceptors (Lipinski definition) is 2. The highest BCUT2D eigenvalue weighted by molar-refractivity contribution is 6.81. The van der Waals surface area contributed by atoms with Gasteiger partial charge in [-0.05, 0) is 86.6 Å². The van der Waals surface area contributed by atoms with Crippen LogP contribution in [0.5, 0.6) is 0 Å². The lowest BCUT2D eigenvalue weighted by atomic mass is 10.0. The van der Waals surface area contributed by atoms with E-state index in [2.05, 4.69) is 26.2 Å². The molecule has 0 radical (unpaired) electrons. The minimum Gasteiger partial charge on any atom is -0.440 e. The van der Waals surface area contributed by atoms with Crippen LogP contribution in [0.4, 0.5) is 0 Å². The van der Waals surface area contributed by atoms with Crippen molar-refractivity contribution in [3.8, 4) is 0 Å². The van der Waals surface area contributed by atoms with Gasteiger partial charge in [-0.2, -0.15) is 0 Å². The third kappa shape index (κ3) is 2.60. The first-order valence-corrected chi connectivity index (χ1v) is 17.0. The van der Waals surface area contributed by atoms with E-state index in [-0.39, 0.29) is 0 Å². The summed E-state index contributed by atoms with van der Waals surface area (Å²) in [4.78, 5) is 0. The van der Waals surface area contributed by atoms with Crippen LogP contribution in [0.3, 0.4) is 0 Å². The van der Waals surface area contributed by atoms with Crippen molar-refractivity contribution < 1.29 is 8.23 Å². The summed E-state index contributed by atoms with van der Waals surface area (Å²) in [6.45, 7) is 10.0. The first-order valence-electron chi connectivity index (χ1n) is 10.1. The van der Waals surface area contributed by atoms with Gasteiger partial charge in [-0.25, -0.2) is 0 Å². The zero-order valence-corrected chi connectivity index (χ0v) is 19.2. The molecular formula is C18H36O2Si3. The van der Waals surface area contributed by atoms with E-state index in [1.807, 2.05) is 0 Å². The molecule has 4 saturated carbocycles. The maximum absolute atomic E-state index is 6.72. The van der Waals surface area contributed by atoms with Gasteiger partial charge < -0.3 is 8.23 Å². The molecule has 132 valence electrons. The minimum absolute atomic E-state index is 0.615. The molecule has 0 saturated heterocycles. The van der Waals surface area contributed by atoms with Gasteiger partial charge >= 0.3 is 0 Å². The molecule has 0 heterocycles. The third-order valence-electron chi connectivity index (χ3n) is 8.88. The molecule has 0 N–H and O–H groups in total. The molecule has 0 atom stereocenters. The van der Waals surface area contributed by atoms with E-state index in [4.69, 9.17) is 8.23 Å². The summed E-state index contributed by atoms with van der Waals surface area (Å²) < 4.78 is 13.4. The zero-order valence-electron chi connectivity index (χ0n) is 15.7. The fourth-order valence-corrected chi connectivity index (χ4v) is 16.8. The minimum atomic E-state index is -1.58. The zero-order chi connectivity index (χ0) is 16.3. The monoisotopic (exact) mass is 368 g/mol. The van der Waals surface area contributed by atoms with Crippen LogP contribution in [-0.2, 0) is 8.23 Å². The van der Waals surface area contributed by atoms with Gasteiger partial charge in [-0.1, -0.05) is 25.7 Å². The van der Waals surface area contributed by atoms with Crippen molar-refractivity contribution in [2.24, 2.45) is 11.8 Å². The third-order valence-corrected chi connectivity index (χ3v) is 22.1. The van der Waals surface area contributed by atoms with Crippen LogP contribution in [0.25, 0.3) is 0 Å². The topological polar surface area (TPSA) is 18.5 Å². The number of fused-ring (bicyclic) bond motifs is 4. The van der Waals surface area contributed by atoms with Gasteiger partial charge in [-0.15, -0.1) is 0 Å². The van der Waals surface area contributed by atoms with Crippen molar-refractivity contribution in [3.63, 3.8) is 0 Å². The number of rotatable bonds is 6. The van der Waals surface area contributed by atoms with Crippen molar-refractivity contribution >= 4 is 26.6 Å². The summed E-state index contributed by atoms with van der Waals surface area (Å²) in [5, 5.41) is 1.23. The lowest BCUT2D eigenvalue weighted by Crippen LogP contribution is -2.49. The summed E-state index contributed by atoms with van der Waals surface area (Å²) in [5.41, 5.74) is 0. The molecular weight excluding hydrogens is 332 g/mol. The first kappa shape index (κ1) is 17.0. The Hall–Kier alpha value is 0.571. The summed E-state index contributed by atoms with van der Waals surface area (Å²) in [7, 11) is -3.96. The van der Waals surface area contributed by atoms with E-state index in [0.29, 0.717) is 10.1 Å². The fourth-order valence-electron chi connectivity index (χ4n) is 6.71. The summed E-state index contributed by atoms with van der Waals surface area (Å²) >= 11 is 0. The van der Waals surface area contributed by atoms with Crippen LogP contribution in [0.15, 0.2) is 0 Å². The van der Waals surface area contributed by atoms with Crippen molar-refractivity contribution in [1.82, 2.24) is 0 Å². The van der Waals surface area contributed by atoms with Gasteiger partial charge in [-0.3, -0.25) is 0 Å². The second-order valence-corrected chi connectivity index (χ2v) is 21.0. The molecule has 4 fully saturated rings. The molecule has 0 aromatic rings. The Balaban J connectivity index is 1.36. The lowest BCUT2D eigenvalue weighted by molar-refractivity contribution is 0.373. The Morgan fingerprint density at radius 3 is 1.30 bits per heavy atom. The quantitative estimate of drug-likeness (QED) is 0.607. The van der Waals surface area contributed by atoms with E-state index in [9.17, 15) is 0 Å². The Kier molecular flexibility index (Phi) is 4.09. The second-order valence-electron chi connectivity index (χ2n) is 10.3. The fraction of sp³-hybridized carbons (Fsp3) is 1.00. The largest absolute Gasteiger partial charge is 0.440 e.